The number of hydrogen-bond acceptors (Lipinski definition) is 1. The van der Waals surface area contributed by atoms with Crippen LogP contribution in [-0.4, -0.2) is 35.6 Å². The number of rotatable bonds is 2. The Balaban J connectivity index is 4.69. The van der Waals surface area contributed by atoms with Crippen molar-refractivity contribution in [2.45, 2.75) is 25.9 Å². The van der Waals surface area contributed by atoms with Crippen LogP contribution in [0.2, 0.25) is 0 Å². The van der Waals surface area contributed by atoms with Gasteiger partial charge in [-0.15, -0.1) is 6.89 Å². The average molecular weight is 210 g/mol. The van der Waals surface area contributed by atoms with Gasteiger partial charge in [0.2, 0.25) is 7.37 Å². The molecule has 12 heavy (non-hydrogen) atoms. The fourth-order valence-corrected chi connectivity index (χ4v) is 7.12. The van der Waals surface area contributed by atoms with Crippen LogP contribution in [0.15, 0.2) is 0 Å². The Bertz CT molecular complexity index is 244. The summed E-state index contributed by atoms with van der Waals surface area (Å²) in [4.78, 5) is 9.26. The highest BCUT2D eigenvalue weighted by Crippen LogP contribution is 2.62. The van der Waals surface area contributed by atoms with E-state index in [2.05, 4.69) is 27.1 Å². The quantitative estimate of drug-likeness (QED) is 0.711. The normalized spacial score (nSPS) is 22.8. The molecular weight excluding hydrogens is 190 g/mol. The first-order valence-corrected chi connectivity index (χ1v) is 8.85. The van der Waals surface area contributed by atoms with Crippen molar-refractivity contribution in [3.63, 3.8) is 0 Å². The van der Waals surface area contributed by atoms with Gasteiger partial charge in [-0.25, -0.2) is 0 Å². The van der Waals surface area contributed by atoms with Crippen molar-refractivity contribution in [3.05, 3.63) is 0 Å². The van der Waals surface area contributed by atoms with E-state index >= 15 is 0 Å². The van der Waals surface area contributed by atoms with Crippen LogP contribution < -0.4 is 0 Å². The SMILES string of the molecule is C=P(C)(CP(C)(=O)O)C(C)(C)C. The van der Waals surface area contributed by atoms with E-state index < -0.39 is 14.3 Å². The molecule has 0 aromatic heterocycles. The van der Waals surface area contributed by atoms with Crippen molar-refractivity contribution in [1.29, 1.82) is 0 Å². The molecule has 0 aliphatic rings. The molecule has 0 aromatic rings. The molecule has 0 spiro atoms. The summed E-state index contributed by atoms with van der Waals surface area (Å²) in [5, 5.41) is 0.0708. The maximum absolute atomic E-state index is 11.2. The molecule has 0 amide bonds. The Hall–Kier alpha value is 0.490. The number of hydrogen-bond donors (Lipinski definition) is 1. The summed E-state index contributed by atoms with van der Waals surface area (Å²) in [6, 6.07) is 0. The smallest absolute Gasteiger partial charge is 0.201 e. The summed E-state index contributed by atoms with van der Waals surface area (Å²) >= 11 is 0. The van der Waals surface area contributed by atoms with Gasteiger partial charge < -0.3 is 4.89 Å². The lowest BCUT2D eigenvalue weighted by Crippen LogP contribution is -2.16. The fraction of sp³-hybridized carbons (Fsp3) is 0.875. The molecule has 4 heteroatoms. The third-order valence-electron chi connectivity index (χ3n) is 2.19. The van der Waals surface area contributed by atoms with Crippen LogP contribution in [0, 0.1) is 0 Å². The second kappa shape index (κ2) is 3.33. The highest BCUT2D eigenvalue weighted by atomic mass is 31.2. The van der Waals surface area contributed by atoms with Crippen LogP contribution in [0.4, 0.5) is 0 Å². The van der Waals surface area contributed by atoms with E-state index in [-0.39, 0.29) is 5.16 Å². The standard InChI is InChI=1S/C8H20O2P2/c1-8(2,3)11(4,5)7-12(6,9)10/h4,7H2,1-3,5-6H3,(H,9,10). The third kappa shape index (κ3) is 3.94. The molecule has 0 aliphatic carbocycles. The largest absolute Gasteiger partial charge is 0.344 e. The molecule has 0 rings (SSSR count). The van der Waals surface area contributed by atoms with Gasteiger partial charge in [-0.05, 0) is 11.8 Å². The Morgan fingerprint density at radius 1 is 1.33 bits per heavy atom. The lowest BCUT2D eigenvalue weighted by atomic mass is 10.3. The first kappa shape index (κ1) is 12.5. The van der Waals surface area contributed by atoms with Gasteiger partial charge in [0.25, 0.3) is 0 Å². The molecule has 74 valence electrons. The summed E-state index contributed by atoms with van der Waals surface area (Å²) in [7, 11) is -2.90. The second-order valence-electron chi connectivity index (χ2n) is 4.76. The van der Waals surface area contributed by atoms with Crippen LogP contribution in [0.1, 0.15) is 20.8 Å². The van der Waals surface area contributed by atoms with Crippen LogP contribution in [-0.2, 0) is 4.57 Å². The van der Waals surface area contributed by atoms with Crippen molar-refractivity contribution >= 4 is 20.6 Å². The first-order chi connectivity index (χ1) is 4.96. The zero-order valence-corrected chi connectivity index (χ0v) is 10.5. The molecule has 0 heterocycles. The topological polar surface area (TPSA) is 37.3 Å². The monoisotopic (exact) mass is 210 g/mol. The first-order valence-electron chi connectivity index (χ1n) is 3.95. The maximum atomic E-state index is 11.2. The molecule has 0 radical (unpaired) electrons. The van der Waals surface area contributed by atoms with E-state index in [0.717, 1.165) is 0 Å². The lowest BCUT2D eigenvalue weighted by molar-refractivity contribution is 0.490. The fourth-order valence-electron chi connectivity index (χ4n) is 0.791. The highest BCUT2D eigenvalue weighted by Gasteiger charge is 2.29. The summed E-state index contributed by atoms with van der Waals surface area (Å²) in [5.41, 5.74) is 0. The predicted molar refractivity (Wildman–Crippen MR) is 60.3 cm³/mol. The van der Waals surface area contributed by atoms with Crippen molar-refractivity contribution in [3.8, 4) is 0 Å². The molecule has 0 bridgehead atoms. The molecule has 1 N–H and O–H groups in total. The predicted octanol–water partition coefficient (Wildman–Crippen LogP) is 2.72. The maximum Gasteiger partial charge on any atom is 0.201 e. The van der Waals surface area contributed by atoms with E-state index in [4.69, 9.17) is 0 Å². The molecule has 0 saturated carbocycles. The Kier molecular flexibility index (Phi) is 3.46. The van der Waals surface area contributed by atoms with E-state index in [9.17, 15) is 9.46 Å². The van der Waals surface area contributed by atoms with Crippen LogP contribution in [0.5, 0.6) is 0 Å². The summed E-state index contributed by atoms with van der Waals surface area (Å²) in [6.45, 7) is 8.21. The van der Waals surface area contributed by atoms with Crippen molar-refractivity contribution in [1.82, 2.24) is 0 Å². The van der Waals surface area contributed by atoms with Gasteiger partial charge >= 0.3 is 0 Å². The molecule has 2 unspecified atom stereocenters. The second-order valence-corrected chi connectivity index (χ2v) is 12.1. The Morgan fingerprint density at radius 3 is 1.75 bits per heavy atom. The Morgan fingerprint density at radius 2 is 1.67 bits per heavy atom. The summed E-state index contributed by atoms with van der Waals surface area (Å²) in [5.74, 6) is 0.392. The molecule has 0 fully saturated rings. The van der Waals surface area contributed by atoms with Crippen molar-refractivity contribution in [2.24, 2.45) is 0 Å². The van der Waals surface area contributed by atoms with Crippen molar-refractivity contribution in [2.75, 3.05) is 19.2 Å². The van der Waals surface area contributed by atoms with Gasteiger partial charge in [0, 0.05) is 12.6 Å². The van der Waals surface area contributed by atoms with Crippen molar-refractivity contribution < 1.29 is 9.46 Å². The van der Waals surface area contributed by atoms with Gasteiger partial charge in [0.05, 0.1) is 0 Å². The van der Waals surface area contributed by atoms with Gasteiger partial charge in [-0.3, -0.25) is 4.57 Å². The summed E-state index contributed by atoms with van der Waals surface area (Å²) in [6.07, 6.45) is 4.11. The van der Waals surface area contributed by atoms with Gasteiger partial charge in [0.1, 0.15) is 0 Å². The lowest BCUT2D eigenvalue weighted by Gasteiger charge is -2.34. The zero-order chi connectivity index (χ0) is 10.2. The molecule has 0 aromatic carbocycles. The minimum Gasteiger partial charge on any atom is -0.344 e. The van der Waals surface area contributed by atoms with E-state index in [0.29, 0.717) is 5.90 Å². The van der Waals surface area contributed by atoms with Gasteiger partial charge in [-0.1, -0.05) is 27.1 Å². The molecular formula is C8H20O2P2. The zero-order valence-electron chi connectivity index (χ0n) is 8.66. The minimum atomic E-state index is -2.90. The van der Waals surface area contributed by atoms with Gasteiger partial charge in [0.15, 0.2) is 0 Å². The molecule has 2 nitrogen and oxygen atoms in total. The Labute approximate surface area is 75.8 Å². The molecule has 0 aliphatic heterocycles. The van der Waals surface area contributed by atoms with E-state index in [1.165, 1.54) is 6.66 Å². The molecule has 0 saturated heterocycles. The third-order valence-corrected chi connectivity index (χ3v) is 10.0. The van der Waals surface area contributed by atoms with Gasteiger partial charge in [-0.2, -0.15) is 0 Å². The summed E-state index contributed by atoms with van der Waals surface area (Å²) < 4.78 is 11.2. The van der Waals surface area contributed by atoms with Crippen LogP contribution in [0.25, 0.3) is 0 Å². The average Bonchev–Trinajstić information content (AvgIpc) is 1.52. The van der Waals surface area contributed by atoms with Crippen LogP contribution in [0.3, 0.4) is 0 Å². The minimum absolute atomic E-state index is 0.0708. The van der Waals surface area contributed by atoms with Crippen LogP contribution >= 0.6 is 14.3 Å². The van der Waals surface area contributed by atoms with E-state index in [1.54, 1.807) is 0 Å². The van der Waals surface area contributed by atoms with E-state index in [1.807, 2.05) is 6.66 Å². The molecule has 2 atom stereocenters. The highest BCUT2D eigenvalue weighted by molar-refractivity contribution is 7.84.